The van der Waals surface area contributed by atoms with Gasteiger partial charge >= 0.3 is 0 Å². The predicted molar refractivity (Wildman–Crippen MR) is 145 cm³/mol. The molecule has 7 nitrogen and oxygen atoms in total. The number of hydrogen-bond acceptors (Lipinski definition) is 4. The lowest BCUT2D eigenvalue weighted by atomic mass is 9.85. The molecule has 1 heterocycles. The molecule has 4 amide bonds. The summed E-state index contributed by atoms with van der Waals surface area (Å²) in [4.78, 5) is 55.8. The Morgan fingerprint density at radius 1 is 1.00 bits per heavy atom. The fourth-order valence-corrected chi connectivity index (χ4v) is 5.25. The van der Waals surface area contributed by atoms with Crippen molar-refractivity contribution >= 4 is 23.6 Å². The number of nitrogens with one attached hydrogen (secondary N) is 1. The van der Waals surface area contributed by atoms with Gasteiger partial charge in [0, 0.05) is 37.5 Å². The lowest BCUT2D eigenvalue weighted by Crippen LogP contribution is -2.52. The van der Waals surface area contributed by atoms with Crippen molar-refractivity contribution in [2.24, 2.45) is 11.8 Å². The first kappa shape index (κ1) is 28.2. The first-order chi connectivity index (χ1) is 18.8. The average molecular weight is 534 g/mol. The second-order valence-electron chi connectivity index (χ2n) is 10.4. The molecule has 1 saturated heterocycles. The average Bonchev–Trinajstić information content (AvgIpc) is 3.19. The van der Waals surface area contributed by atoms with E-state index in [1.165, 1.54) is 15.9 Å². The highest BCUT2D eigenvalue weighted by Crippen LogP contribution is 2.35. The van der Waals surface area contributed by atoms with E-state index in [4.69, 9.17) is 0 Å². The second kappa shape index (κ2) is 12.8. The molecule has 1 aliphatic carbocycles. The molecule has 1 fully saturated rings. The molecule has 2 aliphatic rings. The molecule has 2 aromatic carbocycles. The van der Waals surface area contributed by atoms with Crippen LogP contribution in [0.3, 0.4) is 0 Å². The molecule has 4 rings (SSSR count). The van der Waals surface area contributed by atoms with Crippen LogP contribution in [0.15, 0.2) is 66.7 Å². The summed E-state index contributed by atoms with van der Waals surface area (Å²) in [6.45, 7) is 3.66. The van der Waals surface area contributed by atoms with Gasteiger partial charge in [0.2, 0.25) is 23.6 Å². The molecule has 8 heteroatoms. The Kier molecular flexibility index (Phi) is 9.28. The Morgan fingerprint density at radius 2 is 1.62 bits per heavy atom. The maximum atomic E-state index is 14.7. The number of likely N-dealkylation sites (tertiary alicyclic amines) is 1. The quantitative estimate of drug-likeness (QED) is 0.349. The molecule has 2 aromatic rings. The molecule has 4 atom stereocenters. The molecule has 0 spiro atoms. The molecule has 0 saturated carbocycles. The smallest absolute Gasteiger partial charge is 0.243 e. The maximum Gasteiger partial charge on any atom is 0.243 e. The zero-order valence-electron chi connectivity index (χ0n) is 22.5. The van der Waals surface area contributed by atoms with E-state index >= 15 is 0 Å². The molecular formula is C31H36FN3O4. The van der Waals surface area contributed by atoms with Crippen LogP contribution in [0, 0.1) is 17.7 Å². The third kappa shape index (κ3) is 6.61. The molecule has 0 radical (unpaired) electrons. The van der Waals surface area contributed by atoms with Gasteiger partial charge < -0.3 is 10.2 Å². The summed E-state index contributed by atoms with van der Waals surface area (Å²) in [5.41, 5.74) is 1.14. The number of allylic oxidation sites excluding steroid dienone is 2. The molecular weight excluding hydrogens is 497 g/mol. The zero-order chi connectivity index (χ0) is 27.9. The van der Waals surface area contributed by atoms with E-state index in [1.54, 1.807) is 18.2 Å². The van der Waals surface area contributed by atoms with Crippen LogP contribution in [0.5, 0.6) is 0 Å². The predicted octanol–water partition coefficient (Wildman–Crippen LogP) is 4.02. The third-order valence-electron chi connectivity index (χ3n) is 7.72. The lowest BCUT2D eigenvalue weighted by Gasteiger charge is -2.33. The van der Waals surface area contributed by atoms with Crippen LogP contribution < -0.4 is 5.32 Å². The topological polar surface area (TPSA) is 86.8 Å². The van der Waals surface area contributed by atoms with E-state index in [2.05, 4.69) is 5.32 Å². The van der Waals surface area contributed by atoms with Crippen LogP contribution in [0.1, 0.15) is 50.7 Å². The van der Waals surface area contributed by atoms with Gasteiger partial charge in [-0.05, 0) is 37.8 Å². The van der Waals surface area contributed by atoms with Crippen molar-refractivity contribution in [3.8, 4) is 0 Å². The fourth-order valence-electron chi connectivity index (χ4n) is 5.25. The molecule has 0 bridgehead atoms. The number of fused-ring (bicyclic) bond motifs is 1. The number of halogens is 1. The van der Waals surface area contributed by atoms with Crippen molar-refractivity contribution in [3.63, 3.8) is 0 Å². The summed E-state index contributed by atoms with van der Waals surface area (Å²) in [5, 5.41) is 2.98. The normalized spacial score (nSPS) is 19.9. The van der Waals surface area contributed by atoms with E-state index in [9.17, 15) is 23.6 Å². The van der Waals surface area contributed by atoms with Crippen LogP contribution in [-0.4, -0.2) is 52.1 Å². The van der Waals surface area contributed by atoms with E-state index < -0.39 is 17.8 Å². The van der Waals surface area contributed by atoms with Gasteiger partial charge in [-0.25, -0.2) is 4.39 Å². The molecule has 1 aliphatic heterocycles. The zero-order valence-corrected chi connectivity index (χ0v) is 22.5. The summed E-state index contributed by atoms with van der Waals surface area (Å²) in [6, 6.07) is 14.5. The Morgan fingerprint density at radius 3 is 2.23 bits per heavy atom. The van der Waals surface area contributed by atoms with Crippen molar-refractivity contribution in [2.75, 3.05) is 6.54 Å². The molecule has 0 unspecified atom stereocenters. The van der Waals surface area contributed by atoms with Crippen molar-refractivity contribution in [1.82, 2.24) is 15.1 Å². The number of benzene rings is 2. The number of imide groups is 1. The monoisotopic (exact) mass is 533 g/mol. The van der Waals surface area contributed by atoms with Gasteiger partial charge in [-0.1, -0.05) is 67.6 Å². The van der Waals surface area contributed by atoms with E-state index in [0.717, 1.165) is 5.56 Å². The molecule has 0 aromatic heterocycles. The van der Waals surface area contributed by atoms with Crippen LogP contribution in [0.2, 0.25) is 0 Å². The minimum absolute atomic E-state index is 0.0672. The Labute approximate surface area is 229 Å². The van der Waals surface area contributed by atoms with Gasteiger partial charge in [-0.3, -0.25) is 24.1 Å². The molecule has 39 heavy (non-hydrogen) atoms. The first-order valence-corrected chi connectivity index (χ1v) is 13.7. The van der Waals surface area contributed by atoms with Gasteiger partial charge in [0.05, 0.1) is 11.8 Å². The van der Waals surface area contributed by atoms with Crippen LogP contribution in [-0.2, 0) is 32.1 Å². The van der Waals surface area contributed by atoms with Crippen molar-refractivity contribution < 1.29 is 23.6 Å². The van der Waals surface area contributed by atoms with Crippen LogP contribution >= 0.6 is 0 Å². The highest BCUT2D eigenvalue weighted by Gasteiger charge is 2.47. The summed E-state index contributed by atoms with van der Waals surface area (Å²) < 4.78 is 14.7. The maximum absolute atomic E-state index is 14.7. The second-order valence-corrected chi connectivity index (χ2v) is 10.4. The number of rotatable bonds is 11. The molecule has 206 valence electrons. The van der Waals surface area contributed by atoms with Gasteiger partial charge in [0.15, 0.2) is 0 Å². The Bertz CT molecular complexity index is 1210. The summed E-state index contributed by atoms with van der Waals surface area (Å²) >= 11 is 0. The Balaban J connectivity index is 1.60. The minimum Gasteiger partial charge on any atom is -0.352 e. The van der Waals surface area contributed by atoms with E-state index in [-0.39, 0.29) is 67.1 Å². The van der Waals surface area contributed by atoms with Crippen LogP contribution in [0.25, 0.3) is 0 Å². The third-order valence-corrected chi connectivity index (χ3v) is 7.72. The number of amides is 4. The standard InChI is InChI=1S/C31H36FN3O4/c1-3-21(2)33-29(37)27(19-22-11-5-4-6-12-22)35(20-23-13-7-10-16-26(23)32)28(36)17-18-34-30(38)24-14-8-9-15-25(24)31(34)39/h4-13,16,21,24-25,27H,3,14-15,17-20H2,1-2H3,(H,33,37)/t21-,24-,25+,27-/m1/s1. The van der Waals surface area contributed by atoms with Crippen molar-refractivity contribution in [2.45, 2.75) is 64.6 Å². The van der Waals surface area contributed by atoms with Gasteiger partial charge in [0.1, 0.15) is 11.9 Å². The summed E-state index contributed by atoms with van der Waals surface area (Å²) in [5.74, 6) is -2.48. The first-order valence-electron chi connectivity index (χ1n) is 13.7. The number of carbonyl (C=O) groups excluding carboxylic acids is 4. The number of carbonyl (C=O) groups is 4. The van der Waals surface area contributed by atoms with E-state index in [0.29, 0.717) is 19.3 Å². The van der Waals surface area contributed by atoms with Gasteiger partial charge in [0.25, 0.3) is 0 Å². The van der Waals surface area contributed by atoms with Crippen LogP contribution in [0.4, 0.5) is 4.39 Å². The summed E-state index contributed by atoms with van der Waals surface area (Å²) in [6.07, 6.45) is 5.67. The molecule has 1 N–H and O–H groups in total. The minimum atomic E-state index is -0.912. The largest absolute Gasteiger partial charge is 0.352 e. The van der Waals surface area contributed by atoms with Crippen molar-refractivity contribution in [3.05, 3.63) is 83.7 Å². The van der Waals surface area contributed by atoms with Crippen molar-refractivity contribution in [1.29, 1.82) is 0 Å². The fraction of sp³-hybridized carbons (Fsp3) is 0.419. The highest BCUT2D eigenvalue weighted by molar-refractivity contribution is 6.05. The highest BCUT2D eigenvalue weighted by atomic mass is 19.1. The summed E-state index contributed by atoms with van der Waals surface area (Å²) in [7, 11) is 0. The lowest BCUT2D eigenvalue weighted by molar-refractivity contribution is -0.144. The number of hydrogen-bond donors (Lipinski definition) is 1. The Hall–Kier alpha value is -3.81. The van der Waals surface area contributed by atoms with Gasteiger partial charge in [-0.15, -0.1) is 0 Å². The number of nitrogens with zero attached hydrogens (tertiary/aromatic N) is 2. The van der Waals surface area contributed by atoms with Gasteiger partial charge in [-0.2, -0.15) is 0 Å². The SMILES string of the molecule is CC[C@@H](C)NC(=O)[C@@H](Cc1ccccc1)N(Cc1ccccc1F)C(=O)CCN1C(=O)[C@H]2CC=CC[C@H]2C1=O. The van der Waals surface area contributed by atoms with E-state index in [1.807, 2.05) is 56.3 Å².